The molecule has 150 valence electrons. The fourth-order valence-corrected chi connectivity index (χ4v) is 3.17. The molecule has 1 aromatic heterocycles. The zero-order valence-electron chi connectivity index (χ0n) is 15.4. The molecule has 1 atom stereocenters. The Balaban J connectivity index is 0.00000280. The Hall–Kier alpha value is -2.70. The van der Waals surface area contributed by atoms with Crippen LogP contribution in [0, 0.1) is 12.7 Å². The highest BCUT2D eigenvalue weighted by Crippen LogP contribution is 2.28. The Morgan fingerprint density at radius 3 is 2.54 bits per heavy atom. The molecule has 6 N–H and O–H groups in total. The molecule has 0 radical (unpaired) electrons. The number of fused-ring (bicyclic) bond motifs is 1. The fourth-order valence-electron chi connectivity index (χ4n) is 3.17. The number of aryl methyl sites for hydroxylation is 1. The standard InChI is InChI=1S/C21H25FN4O.CH4/c1-13-18-11-15(14-4-7-16(22)8-5-14)6-9-19(18)26-20(13)21(27)25-12-17(24)3-2-10-23;/h4-9,11,17,26H,2-3,10,12,23-24H2,1H3,(H,25,27);1H4. The van der Waals surface area contributed by atoms with Crippen LogP contribution in [0.4, 0.5) is 4.39 Å². The minimum Gasteiger partial charge on any atom is -0.350 e. The van der Waals surface area contributed by atoms with Crippen molar-refractivity contribution in [1.29, 1.82) is 0 Å². The molecule has 0 saturated heterocycles. The van der Waals surface area contributed by atoms with Crippen LogP contribution in [0.1, 0.15) is 36.3 Å². The summed E-state index contributed by atoms with van der Waals surface area (Å²) in [4.78, 5) is 15.7. The van der Waals surface area contributed by atoms with Crippen molar-refractivity contribution in [2.75, 3.05) is 13.1 Å². The molecule has 6 heteroatoms. The second kappa shape index (κ2) is 9.48. The summed E-state index contributed by atoms with van der Waals surface area (Å²) in [6.07, 6.45) is 1.62. The second-order valence-corrected chi connectivity index (χ2v) is 6.79. The van der Waals surface area contributed by atoms with E-state index in [0.29, 0.717) is 18.8 Å². The van der Waals surface area contributed by atoms with E-state index in [1.807, 2.05) is 25.1 Å². The van der Waals surface area contributed by atoms with Gasteiger partial charge in [-0.2, -0.15) is 0 Å². The van der Waals surface area contributed by atoms with Crippen LogP contribution < -0.4 is 16.8 Å². The molecule has 5 nitrogen and oxygen atoms in total. The fraction of sp³-hybridized carbons (Fsp3) is 0.318. The van der Waals surface area contributed by atoms with Gasteiger partial charge in [0.25, 0.3) is 5.91 Å². The number of halogens is 1. The van der Waals surface area contributed by atoms with Crippen LogP contribution in [0.25, 0.3) is 22.0 Å². The maximum atomic E-state index is 13.1. The summed E-state index contributed by atoms with van der Waals surface area (Å²) in [6, 6.07) is 12.2. The lowest BCUT2D eigenvalue weighted by Crippen LogP contribution is -2.37. The number of amides is 1. The number of nitrogens with one attached hydrogen (secondary N) is 2. The van der Waals surface area contributed by atoms with Crippen molar-refractivity contribution in [2.24, 2.45) is 11.5 Å². The second-order valence-electron chi connectivity index (χ2n) is 6.79. The number of H-pyrrole nitrogens is 1. The molecule has 0 saturated carbocycles. The normalized spacial score (nSPS) is 11.9. The third-order valence-corrected chi connectivity index (χ3v) is 4.77. The van der Waals surface area contributed by atoms with E-state index in [1.165, 1.54) is 12.1 Å². The van der Waals surface area contributed by atoms with E-state index in [4.69, 9.17) is 11.5 Å². The van der Waals surface area contributed by atoms with Gasteiger partial charge in [0.15, 0.2) is 0 Å². The summed E-state index contributed by atoms with van der Waals surface area (Å²) >= 11 is 0. The Morgan fingerprint density at radius 1 is 1.18 bits per heavy atom. The predicted octanol–water partition coefficient (Wildman–Crippen LogP) is 3.71. The lowest BCUT2D eigenvalue weighted by molar-refractivity contribution is 0.0946. The smallest absolute Gasteiger partial charge is 0.268 e. The van der Waals surface area contributed by atoms with Gasteiger partial charge in [0, 0.05) is 23.5 Å². The molecule has 1 heterocycles. The summed E-state index contributed by atoms with van der Waals surface area (Å²) in [5, 5.41) is 3.85. The maximum Gasteiger partial charge on any atom is 0.268 e. The van der Waals surface area contributed by atoms with Crippen molar-refractivity contribution < 1.29 is 9.18 Å². The number of aromatic amines is 1. The Kier molecular flexibility index (Phi) is 7.31. The monoisotopic (exact) mass is 384 g/mol. The number of hydrogen-bond donors (Lipinski definition) is 4. The highest BCUT2D eigenvalue weighted by Gasteiger charge is 2.16. The van der Waals surface area contributed by atoms with Crippen LogP contribution in [-0.4, -0.2) is 30.0 Å². The first-order valence-corrected chi connectivity index (χ1v) is 9.11. The van der Waals surface area contributed by atoms with Crippen molar-refractivity contribution >= 4 is 16.8 Å². The number of benzene rings is 2. The largest absolute Gasteiger partial charge is 0.350 e. The average molecular weight is 384 g/mol. The Bertz CT molecular complexity index is 934. The summed E-state index contributed by atoms with van der Waals surface area (Å²) in [7, 11) is 0. The molecule has 28 heavy (non-hydrogen) atoms. The van der Waals surface area contributed by atoms with E-state index in [1.54, 1.807) is 12.1 Å². The molecule has 0 aliphatic carbocycles. The molecular formula is C22H29FN4O. The Labute approximate surface area is 165 Å². The minimum absolute atomic E-state index is 0. The van der Waals surface area contributed by atoms with Crippen LogP contribution in [0.5, 0.6) is 0 Å². The van der Waals surface area contributed by atoms with Crippen molar-refractivity contribution in [3.05, 3.63) is 59.5 Å². The van der Waals surface area contributed by atoms with E-state index in [9.17, 15) is 9.18 Å². The van der Waals surface area contributed by atoms with Crippen molar-refractivity contribution in [2.45, 2.75) is 33.2 Å². The molecular weight excluding hydrogens is 355 g/mol. The first kappa shape index (κ1) is 21.6. The average Bonchev–Trinajstić information content (AvgIpc) is 3.01. The molecule has 3 rings (SSSR count). The van der Waals surface area contributed by atoms with Crippen LogP contribution in [0.3, 0.4) is 0 Å². The quantitative estimate of drug-likeness (QED) is 0.500. The highest BCUT2D eigenvalue weighted by atomic mass is 19.1. The van der Waals surface area contributed by atoms with E-state index in [2.05, 4.69) is 10.3 Å². The van der Waals surface area contributed by atoms with Crippen molar-refractivity contribution in [3.8, 4) is 11.1 Å². The van der Waals surface area contributed by atoms with Gasteiger partial charge >= 0.3 is 0 Å². The molecule has 0 spiro atoms. The van der Waals surface area contributed by atoms with Gasteiger partial charge in [-0.1, -0.05) is 25.6 Å². The van der Waals surface area contributed by atoms with Crippen LogP contribution >= 0.6 is 0 Å². The first-order chi connectivity index (χ1) is 13.0. The summed E-state index contributed by atoms with van der Waals surface area (Å²) in [5.41, 5.74) is 15.7. The molecule has 0 fully saturated rings. The number of carbonyl (C=O) groups is 1. The number of aromatic nitrogens is 1. The van der Waals surface area contributed by atoms with E-state index in [0.717, 1.165) is 40.4 Å². The molecule has 3 aromatic rings. The summed E-state index contributed by atoms with van der Waals surface area (Å²) in [5.74, 6) is -0.434. The van der Waals surface area contributed by atoms with Gasteiger partial charge in [0.05, 0.1) is 0 Å². The molecule has 0 aliphatic rings. The number of rotatable bonds is 7. The third-order valence-electron chi connectivity index (χ3n) is 4.77. The van der Waals surface area contributed by atoms with Crippen LogP contribution in [0.2, 0.25) is 0 Å². The number of carbonyl (C=O) groups excluding carboxylic acids is 1. The number of hydrogen-bond acceptors (Lipinski definition) is 3. The van der Waals surface area contributed by atoms with Gasteiger partial charge in [0.2, 0.25) is 0 Å². The maximum absolute atomic E-state index is 13.1. The molecule has 0 aliphatic heterocycles. The van der Waals surface area contributed by atoms with Gasteiger partial charge in [-0.05, 0) is 67.3 Å². The molecule has 0 bridgehead atoms. The van der Waals surface area contributed by atoms with E-state index < -0.39 is 0 Å². The SMILES string of the molecule is C.Cc1c(C(=O)NCC(N)CCCN)[nH]c2ccc(-c3ccc(F)cc3)cc12. The van der Waals surface area contributed by atoms with Gasteiger partial charge in [-0.3, -0.25) is 4.79 Å². The van der Waals surface area contributed by atoms with Gasteiger partial charge in [-0.25, -0.2) is 4.39 Å². The summed E-state index contributed by atoms with van der Waals surface area (Å²) in [6.45, 7) is 2.92. The first-order valence-electron chi connectivity index (χ1n) is 9.11. The van der Waals surface area contributed by atoms with Crippen LogP contribution in [0.15, 0.2) is 42.5 Å². The van der Waals surface area contributed by atoms with Crippen LogP contribution in [-0.2, 0) is 0 Å². The third kappa shape index (κ3) is 4.77. The van der Waals surface area contributed by atoms with E-state index in [-0.39, 0.29) is 25.2 Å². The lowest BCUT2D eigenvalue weighted by atomic mass is 10.0. The lowest BCUT2D eigenvalue weighted by Gasteiger charge is -2.12. The molecule has 1 amide bonds. The van der Waals surface area contributed by atoms with Crippen molar-refractivity contribution in [1.82, 2.24) is 10.3 Å². The highest BCUT2D eigenvalue weighted by molar-refractivity contribution is 6.01. The molecule has 2 aromatic carbocycles. The predicted molar refractivity (Wildman–Crippen MR) is 114 cm³/mol. The molecule has 1 unspecified atom stereocenters. The van der Waals surface area contributed by atoms with Gasteiger partial charge in [0.1, 0.15) is 11.5 Å². The number of nitrogens with two attached hydrogens (primary N) is 2. The zero-order chi connectivity index (χ0) is 19.4. The van der Waals surface area contributed by atoms with Gasteiger partial charge in [-0.15, -0.1) is 0 Å². The van der Waals surface area contributed by atoms with Crippen molar-refractivity contribution in [3.63, 3.8) is 0 Å². The topological polar surface area (TPSA) is 96.9 Å². The van der Waals surface area contributed by atoms with E-state index >= 15 is 0 Å². The zero-order valence-corrected chi connectivity index (χ0v) is 15.4. The Morgan fingerprint density at radius 2 is 1.86 bits per heavy atom. The van der Waals surface area contributed by atoms with Gasteiger partial charge < -0.3 is 21.8 Å². The summed E-state index contributed by atoms with van der Waals surface area (Å²) < 4.78 is 13.1. The minimum atomic E-state index is -0.263.